The second kappa shape index (κ2) is 36.7. The van der Waals surface area contributed by atoms with Crippen LogP contribution in [0.25, 0.3) is 112 Å². The normalized spacial score (nSPS) is 14.2. The number of aryl methyl sites for hydroxylation is 14. The highest BCUT2D eigenvalue weighted by Gasteiger charge is 2.21. The molecule has 0 fully saturated rings. The van der Waals surface area contributed by atoms with Gasteiger partial charge >= 0.3 is 0 Å². The monoisotopic (exact) mass is 1450 g/mol. The van der Waals surface area contributed by atoms with Gasteiger partial charge in [0.1, 0.15) is 35.2 Å². The molecular weight excluding hydrogens is 1330 g/mol. The third-order valence-electron chi connectivity index (χ3n) is 20.2. The van der Waals surface area contributed by atoms with Crippen LogP contribution in [-0.4, -0.2) is 0 Å². The highest BCUT2D eigenvalue weighted by molar-refractivity contribution is 5.78. The average molecular weight is 1460 g/mol. The molecule has 0 spiro atoms. The van der Waals surface area contributed by atoms with E-state index in [0.717, 1.165) is 106 Å². The van der Waals surface area contributed by atoms with Crippen LogP contribution in [0.15, 0.2) is 328 Å². The van der Waals surface area contributed by atoms with Gasteiger partial charge in [0.05, 0.1) is 0 Å². The Morgan fingerprint density at radius 3 is 0.918 bits per heavy atom. The fourth-order valence-electron chi connectivity index (χ4n) is 13.6. The summed E-state index contributed by atoms with van der Waals surface area (Å²) in [5.74, 6) is -3.31. The molecule has 0 aliphatic carbocycles. The van der Waals surface area contributed by atoms with Gasteiger partial charge < -0.3 is 0 Å². The third-order valence-corrected chi connectivity index (χ3v) is 20.2. The predicted octanol–water partition coefficient (Wildman–Crippen LogP) is 24.2. The summed E-state index contributed by atoms with van der Waals surface area (Å²) in [5, 5.41) is 0. The van der Waals surface area contributed by atoms with Crippen LogP contribution >= 0.6 is 0 Å². The number of hydrogen-bond acceptors (Lipinski definition) is 0. The topological polar surface area (TPSA) is 19.4 Å². The van der Waals surface area contributed by atoms with E-state index in [2.05, 4.69) is 234 Å². The molecule has 5 heterocycles. The molecule has 15 aromatic rings. The maximum atomic E-state index is 8.41. The molecule has 5 heteroatoms. The predicted molar refractivity (Wildman–Crippen MR) is 463 cm³/mol. The van der Waals surface area contributed by atoms with Gasteiger partial charge in [-0.2, -0.15) is 0 Å². The average Bonchev–Trinajstić information content (AvgIpc) is 0.777. The third kappa shape index (κ3) is 19.8. The lowest BCUT2D eigenvalue weighted by molar-refractivity contribution is -0.661. The zero-order chi connectivity index (χ0) is 90.0. The summed E-state index contributed by atoms with van der Waals surface area (Å²) in [7, 11) is 9.72. The van der Waals surface area contributed by atoms with Crippen LogP contribution in [0.3, 0.4) is 0 Å². The Bertz CT molecular complexity index is 6240. The molecule has 15 rings (SSSR count). The highest BCUT2D eigenvalue weighted by atomic mass is 14.9. The molecule has 5 nitrogen and oxygen atoms in total. The van der Waals surface area contributed by atoms with Crippen LogP contribution in [0.4, 0.5) is 0 Å². The largest absolute Gasteiger partial charge is 0.212 e. The molecule has 0 bridgehead atoms. The minimum atomic E-state index is -2.40. The lowest BCUT2D eigenvalue weighted by Gasteiger charge is -2.11. The number of rotatable bonds is 12. The Labute approximate surface area is 676 Å². The number of benzene rings is 10. The van der Waals surface area contributed by atoms with Gasteiger partial charge in [-0.25, -0.2) is 22.8 Å². The van der Waals surface area contributed by atoms with Crippen molar-refractivity contribution in [2.75, 3.05) is 0 Å². The Morgan fingerprint density at radius 2 is 0.564 bits per heavy atom. The van der Waals surface area contributed by atoms with E-state index >= 15 is 0 Å². The second-order valence-electron chi connectivity index (χ2n) is 28.5. The van der Waals surface area contributed by atoms with E-state index < -0.39 is 39.2 Å². The summed E-state index contributed by atoms with van der Waals surface area (Å²) < 4.78 is 118. The smallest absolute Gasteiger partial charge is 0.201 e. The van der Waals surface area contributed by atoms with Crippen molar-refractivity contribution >= 4 is 0 Å². The molecule has 2 atom stereocenters. The molecule has 0 N–H and O–H groups in total. The summed E-state index contributed by atoms with van der Waals surface area (Å²) in [6, 6.07) is 101. The van der Waals surface area contributed by atoms with Crippen molar-refractivity contribution in [1.82, 2.24) is 0 Å². The van der Waals surface area contributed by atoms with E-state index in [1.54, 1.807) is 36.8 Å². The van der Waals surface area contributed by atoms with Crippen molar-refractivity contribution in [3.8, 4) is 112 Å². The maximum absolute atomic E-state index is 8.41. The fourth-order valence-corrected chi connectivity index (χ4v) is 13.6. The second-order valence-corrected chi connectivity index (χ2v) is 28.5. The molecule has 550 valence electrons. The summed E-state index contributed by atoms with van der Waals surface area (Å²) >= 11 is 0. The van der Waals surface area contributed by atoms with E-state index in [1.807, 2.05) is 164 Å². The Morgan fingerprint density at radius 1 is 0.236 bits per heavy atom. The Hall–Kier alpha value is -12.1. The molecular formula is C105H110N5+5. The zero-order valence-electron chi connectivity index (χ0n) is 79.9. The molecule has 110 heavy (non-hydrogen) atoms. The molecule has 5 aromatic heterocycles. The van der Waals surface area contributed by atoms with Gasteiger partial charge in [-0.1, -0.05) is 240 Å². The van der Waals surface area contributed by atoms with Crippen LogP contribution in [-0.2, 0) is 35.2 Å². The molecule has 0 aliphatic rings. The van der Waals surface area contributed by atoms with Crippen molar-refractivity contribution in [1.29, 1.82) is 0 Å². The lowest BCUT2D eigenvalue weighted by atomic mass is 9.95. The van der Waals surface area contributed by atoms with Crippen molar-refractivity contribution in [2.45, 2.75) is 102 Å². The number of hydrogen-bond donors (Lipinski definition) is 0. The van der Waals surface area contributed by atoms with Gasteiger partial charge in [-0.15, -0.1) is 0 Å². The Kier molecular flexibility index (Phi) is 20.7. The number of aromatic nitrogens is 5. The summed E-state index contributed by atoms with van der Waals surface area (Å²) in [4.78, 5) is 0. The van der Waals surface area contributed by atoms with Gasteiger partial charge in [-0.3, -0.25) is 0 Å². The molecule has 2 unspecified atom stereocenters. The van der Waals surface area contributed by atoms with Crippen LogP contribution in [0.5, 0.6) is 0 Å². The van der Waals surface area contributed by atoms with E-state index in [1.165, 1.54) is 58.5 Å². The molecule has 0 saturated heterocycles. The first kappa shape index (κ1) is 61.9. The van der Waals surface area contributed by atoms with Crippen LogP contribution in [0, 0.1) is 62.2 Å². The quantitative estimate of drug-likeness (QED) is 0.109. The first-order valence-corrected chi connectivity index (χ1v) is 37.3. The number of nitrogens with zero attached hydrogens (tertiary/aromatic N) is 5. The minimum absolute atomic E-state index is 0.352. The lowest BCUT2D eigenvalue weighted by Crippen LogP contribution is -2.31. The van der Waals surface area contributed by atoms with Crippen LogP contribution < -0.4 is 22.8 Å². The standard InChI is InChI=1S/2C22H24N.C21H22N.2C20H20N/c1-16(2)19-12-13-23(4)22(15-19)21-14-20(11-10-17(21)3)18-8-6-5-7-9-18;1-16(2)20-12-13-22(23(4)15-20)21-14-19(11-10-17(21)3)18-8-6-5-7-9-18;1-15-10-11-19(18-8-6-5-7-9-18)13-20(15)21-12-16(2)17(3)14-22(21)4;1-15-9-12-20(21(3)14-15)19-13-18(11-10-16(19)2)17-7-5-4-6-8-17;1-15-11-12-21(3)20(13-15)19-14-18(10-9-16(19)2)17-7-5-4-6-8-17/h2*5-16H,1-4H3;5-14H,1-4H3;2*4-14H,1-3H3/q5*+1/i2*1D3,16D;3D3;1D3;. The minimum Gasteiger partial charge on any atom is -0.201 e. The molecule has 0 aliphatic heterocycles. The molecule has 0 radical (unpaired) electrons. The van der Waals surface area contributed by atoms with Gasteiger partial charge in [-0.05, 0) is 217 Å². The summed E-state index contributed by atoms with van der Waals surface area (Å²) in [6.45, 7) is 8.36. The van der Waals surface area contributed by atoms with Crippen molar-refractivity contribution in [2.24, 2.45) is 35.2 Å². The SMILES string of the molecule is Cc1cc[n+](C)c(-c2cc(-c3ccccc3)ccc2C)c1.[2H]C([2H])([2H])C([2H])(C)c1cc[n+](C)c(-c2cc(-c3ccccc3)ccc2C)c1.[2H]C([2H])([2H])C([2H])(C)c1ccc(-c2cc(-c3ccccc3)ccc2C)[n+](C)c1.[2H]C([2H])([2H])c1c[n+](C)c(-c2cc(-c3ccccc3)ccc2C)cc1C.[2H]C([2H])([2H])c1ccc(-c2cc(-c3ccccc3)ccc2C)[n+](C)c1. The van der Waals surface area contributed by atoms with Gasteiger partial charge in [0.25, 0.3) is 0 Å². The van der Waals surface area contributed by atoms with Crippen LogP contribution in [0.1, 0.15) is 120 Å². The van der Waals surface area contributed by atoms with E-state index in [0.29, 0.717) is 22.3 Å². The Balaban J connectivity index is 0.000000151. The first-order chi connectivity index (χ1) is 58.5. The fraction of sp³-hybridized carbons (Fsp3) is 0.190. The van der Waals surface area contributed by atoms with E-state index in [-0.39, 0.29) is 0 Å². The van der Waals surface area contributed by atoms with Gasteiger partial charge in [0.15, 0.2) is 31.0 Å². The van der Waals surface area contributed by atoms with E-state index in [4.69, 9.17) is 19.2 Å². The van der Waals surface area contributed by atoms with Crippen molar-refractivity contribution in [3.05, 3.63) is 389 Å². The maximum Gasteiger partial charge on any atom is 0.212 e. The van der Waals surface area contributed by atoms with E-state index in [9.17, 15) is 0 Å². The summed E-state index contributed by atoms with van der Waals surface area (Å²) in [6.07, 6.45) is 9.13. The van der Waals surface area contributed by atoms with Gasteiger partial charge in [0, 0.05) is 106 Å². The molecule has 0 saturated carbocycles. The molecule has 0 amide bonds. The van der Waals surface area contributed by atoms with Gasteiger partial charge in [0.2, 0.25) is 28.5 Å². The molecule has 10 aromatic carbocycles. The first-order valence-electron chi connectivity index (χ1n) is 44.3. The van der Waals surface area contributed by atoms with Crippen molar-refractivity contribution < 1.29 is 42.0 Å². The highest BCUT2D eigenvalue weighted by Crippen LogP contribution is 2.35. The number of pyridine rings is 5. The summed E-state index contributed by atoms with van der Waals surface area (Å²) in [5.41, 5.74) is 32.1. The van der Waals surface area contributed by atoms with Crippen molar-refractivity contribution in [3.63, 3.8) is 0 Å². The van der Waals surface area contributed by atoms with Crippen LogP contribution in [0.2, 0.25) is 0 Å². The zero-order valence-corrected chi connectivity index (χ0v) is 65.9.